The van der Waals surface area contributed by atoms with E-state index in [2.05, 4.69) is 10.4 Å². The van der Waals surface area contributed by atoms with Gasteiger partial charge in [0.05, 0.1) is 32.2 Å². The molecule has 1 heterocycles. The van der Waals surface area contributed by atoms with Gasteiger partial charge in [-0.15, -0.1) is 0 Å². The Hall–Kier alpha value is -4.33. The molecule has 8 nitrogen and oxygen atoms in total. The number of benzene rings is 3. The summed E-state index contributed by atoms with van der Waals surface area (Å²) in [5.74, 6) is 0.983. The molecular weight excluding hydrogens is 434 g/mol. The first kappa shape index (κ1) is 22.8. The van der Waals surface area contributed by atoms with Gasteiger partial charge >= 0.3 is 0 Å². The zero-order chi connectivity index (χ0) is 24.4. The summed E-state index contributed by atoms with van der Waals surface area (Å²) in [5, 5.41) is 0.374. The minimum Gasteiger partial charge on any atom is -0.493 e. The lowest BCUT2D eigenvalue weighted by Crippen LogP contribution is -2.35. The minimum absolute atomic E-state index is 0.222. The lowest BCUT2D eigenvalue weighted by atomic mass is 10.1. The van der Waals surface area contributed by atoms with Crippen molar-refractivity contribution in [3.05, 3.63) is 81.6 Å². The number of rotatable bonds is 6. The molecule has 0 atom stereocenters. The number of amides is 1. The van der Waals surface area contributed by atoms with Crippen molar-refractivity contribution in [2.75, 3.05) is 26.8 Å². The van der Waals surface area contributed by atoms with Gasteiger partial charge in [0.15, 0.2) is 17.3 Å². The Balaban J connectivity index is 1.93. The van der Waals surface area contributed by atoms with E-state index in [1.807, 2.05) is 19.9 Å². The van der Waals surface area contributed by atoms with Crippen molar-refractivity contribution in [3.63, 3.8) is 0 Å². The van der Waals surface area contributed by atoms with Crippen molar-refractivity contribution in [2.24, 2.45) is 0 Å². The van der Waals surface area contributed by atoms with Gasteiger partial charge in [0.25, 0.3) is 11.5 Å². The van der Waals surface area contributed by atoms with E-state index < -0.39 is 11.5 Å². The van der Waals surface area contributed by atoms with E-state index in [-0.39, 0.29) is 5.82 Å². The first-order valence-corrected chi connectivity index (χ1v) is 10.6. The zero-order valence-corrected chi connectivity index (χ0v) is 19.6. The molecule has 0 unspecified atom stereocenters. The number of methoxy groups -OCH3 is 3. The predicted octanol–water partition coefficient (Wildman–Crippen LogP) is 4.09. The number of carbonyl (C=O) groups is 1. The first-order chi connectivity index (χ1) is 16.4. The second-order valence-electron chi connectivity index (χ2n) is 7.75. The topological polar surface area (TPSA) is 91.7 Å². The summed E-state index contributed by atoms with van der Waals surface area (Å²) < 4.78 is 17.5. The second kappa shape index (κ2) is 9.27. The molecule has 174 valence electrons. The number of aromatic nitrogens is 2. The molecular formula is C26H25N3O5. The third-order valence-electron chi connectivity index (χ3n) is 5.68. The SMILES string of the molecule is COc1cc(-c2nc3ccccc3c(=O)n2NC(=O)c2ccc(C)c(C)c2)cc(OC)c1OC. The van der Waals surface area contributed by atoms with E-state index in [1.165, 1.54) is 21.3 Å². The Morgan fingerprint density at radius 1 is 0.882 bits per heavy atom. The van der Waals surface area contributed by atoms with Gasteiger partial charge in [0.2, 0.25) is 5.75 Å². The van der Waals surface area contributed by atoms with Gasteiger partial charge in [-0.1, -0.05) is 18.2 Å². The number of hydrogen-bond acceptors (Lipinski definition) is 6. The fourth-order valence-corrected chi connectivity index (χ4v) is 3.69. The highest BCUT2D eigenvalue weighted by molar-refractivity contribution is 6.00. The molecule has 0 aliphatic carbocycles. The Bertz CT molecular complexity index is 1430. The lowest BCUT2D eigenvalue weighted by molar-refractivity contribution is 0.101. The highest BCUT2D eigenvalue weighted by atomic mass is 16.5. The van der Waals surface area contributed by atoms with Gasteiger partial charge in [0, 0.05) is 11.1 Å². The number of aryl methyl sites for hydroxylation is 2. The standard InChI is InChI=1S/C26H25N3O5/c1-15-10-11-17(12-16(15)2)25(30)28-29-24(27-20-9-7-6-8-19(20)26(29)31)18-13-21(32-3)23(34-5)22(14-18)33-4/h6-14H,1-5H3,(H,28,30). The number of para-hydroxylation sites is 1. The van der Waals surface area contributed by atoms with Crippen LogP contribution >= 0.6 is 0 Å². The van der Waals surface area contributed by atoms with Crippen molar-refractivity contribution in [3.8, 4) is 28.6 Å². The zero-order valence-electron chi connectivity index (χ0n) is 19.6. The summed E-state index contributed by atoms with van der Waals surface area (Å²) in [7, 11) is 4.51. The summed E-state index contributed by atoms with van der Waals surface area (Å²) in [5.41, 5.74) is 5.78. The van der Waals surface area contributed by atoms with Gasteiger partial charge < -0.3 is 14.2 Å². The number of nitrogens with zero attached hydrogens (tertiary/aromatic N) is 2. The summed E-state index contributed by atoms with van der Waals surface area (Å²) in [6.45, 7) is 3.90. The van der Waals surface area contributed by atoms with Gasteiger partial charge in [0.1, 0.15) is 0 Å². The van der Waals surface area contributed by atoms with Crippen LogP contribution in [-0.4, -0.2) is 36.9 Å². The quantitative estimate of drug-likeness (QED) is 0.467. The monoisotopic (exact) mass is 459 g/mol. The number of nitrogens with one attached hydrogen (secondary N) is 1. The molecule has 8 heteroatoms. The number of ether oxygens (including phenoxy) is 3. The van der Waals surface area contributed by atoms with Gasteiger partial charge in [-0.05, 0) is 61.4 Å². The average molecular weight is 460 g/mol. The molecule has 0 saturated carbocycles. The van der Waals surface area contributed by atoms with Crippen molar-refractivity contribution in [1.82, 2.24) is 9.66 Å². The van der Waals surface area contributed by atoms with Crippen LogP contribution in [0.5, 0.6) is 17.2 Å². The van der Waals surface area contributed by atoms with Gasteiger partial charge in [-0.3, -0.25) is 15.0 Å². The van der Waals surface area contributed by atoms with E-state index in [0.29, 0.717) is 39.3 Å². The fraction of sp³-hybridized carbons (Fsp3) is 0.192. The van der Waals surface area contributed by atoms with Crippen LogP contribution in [0.15, 0.2) is 59.4 Å². The molecule has 0 fully saturated rings. The number of hydrogen-bond donors (Lipinski definition) is 1. The second-order valence-corrected chi connectivity index (χ2v) is 7.75. The highest BCUT2D eigenvalue weighted by Crippen LogP contribution is 2.40. The normalized spacial score (nSPS) is 10.7. The Kier molecular flexibility index (Phi) is 6.23. The number of carbonyl (C=O) groups excluding carboxylic acids is 1. The van der Waals surface area contributed by atoms with E-state index in [1.54, 1.807) is 48.5 Å². The van der Waals surface area contributed by atoms with E-state index in [4.69, 9.17) is 14.2 Å². The fourth-order valence-electron chi connectivity index (χ4n) is 3.69. The summed E-state index contributed by atoms with van der Waals surface area (Å²) in [4.78, 5) is 31.3. The molecule has 0 radical (unpaired) electrons. The molecule has 0 aliphatic rings. The molecule has 0 bridgehead atoms. The highest BCUT2D eigenvalue weighted by Gasteiger charge is 2.20. The maximum absolute atomic E-state index is 13.5. The van der Waals surface area contributed by atoms with Crippen LogP contribution < -0.4 is 25.2 Å². The van der Waals surface area contributed by atoms with Crippen LogP contribution in [0, 0.1) is 13.8 Å². The van der Waals surface area contributed by atoms with Crippen molar-refractivity contribution < 1.29 is 19.0 Å². The first-order valence-electron chi connectivity index (χ1n) is 10.6. The van der Waals surface area contributed by atoms with Crippen LogP contribution in [0.3, 0.4) is 0 Å². The van der Waals surface area contributed by atoms with Gasteiger partial charge in [-0.25, -0.2) is 4.98 Å². The molecule has 4 aromatic rings. The molecule has 0 spiro atoms. The van der Waals surface area contributed by atoms with E-state index in [0.717, 1.165) is 15.8 Å². The molecule has 4 rings (SSSR count). The van der Waals surface area contributed by atoms with Crippen LogP contribution in [-0.2, 0) is 0 Å². The maximum Gasteiger partial charge on any atom is 0.280 e. The smallest absolute Gasteiger partial charge is 0.280 e. The predicted molar refractivity (Wildman–Crippen MR) is 131 cm³/mol. The maximum atomic E-state index is 13.5. The average Bonchev–Trinajstić information content (AvgIpc) is 2.86. The van der Waals surface area contributed by atoms with Crippen LogP contribution in [0.2, 0.25) is 0 Å². The minimum atomic E-state index is -0.434. The van der Waals surface area contributed by atoms with Crippen LogP contribution in [0.25, 0.3) is 22.3 Å². The largest absolute Gasteiger partial charge is 0.493 e. The molecule has 0 aliphatic heterocycles. The Labute approximate surface area is 196 Å². The third kappa shape index (κ3) is 4.05. The molecule has 1 N–H and O–H groups in total. The Morgan fingerprint density at radius 3 is 2.18 bits per heavy atom. The van der Waals surface area contributed by atoms with E-state index in [9.17, 15) is 9.59 Å². The van der Waals surface area contributed by atoms with Crippen LogP contribution in [0.1, 0.15) is 21.5 Å². The van der Waals surface area contributed by atoms with Crippen molar-refractivity contribution in [2.45, 2.75) is 13.8 Å². The molecule has 3 aromatic carbocycles. The van der Waals surface area contributed by atoms with Crippen molar-refractivity contribution in [1.29, 1.82) is 0 Å². The summed E-state index contributed by atoms with van der Waals surface area (Å²) >= 11 is 0. The molecule has 0 saturated heterocycles. The van der Waals surface area contributed by atoms with E-state index >= 15 is 0 Å². The summed E-state index contributed by atoms with van der Waals surface area (Å²) in [6, 6.07) is 15.7. The molecule has 34 heavy (non-hydrogen) atoms. The van der Waals surface area contributed by atoms with Gasteiger partial charge in [-0.2, -0.15) is 4.68 Å². The third-order valence-corrected chi connectivity index (χ3v) is 5.68. The van der Waals surface area contributed by atoms with Crippen molar-refractivity contribution >= 4 is 16.8 Å². The lowest BCUT2D eigenvalue weighted by Gasteiger charge is -2.18. The van der Waals surface area contributed by atoms with Crippen LogP contribution in [0.4, 0.5) is 0 Å². The molecule has 1 amide bonds. The molecule has 1 aromatic heterocycles. The number of fused-ring (bicyclic) bond motifs is 1. The Morgan fingerprint density at radius 2 is 1.56 bits per heavy atom. The summed E-state index contributed by atoms with van der Waals surface area (Å²) in [6.07, 6.45) is 0.